The van der Waals surface area contributed by atoms with Gasteiger partial charge in [-0.3, -0.25) is 14.5 Å². The molecule has 0 aromatic heterocycles. The van der Waals surface area contributed by atoms with Gasteiger partial charge >= 0.3 is 0 Å². The lowest BCUT2D eigenvalue weighted by atomic mass is 9.94. The number of anilines is 1. The average Bonchev–Trinajstić information content (AvgIpc) is 3.18. The van der Waals surface area contributed by atoms with Gasteiger partial charge in [0.05, 0.1) is 31.9 Å². The van der Waals surface area contributed by atoms with Crippen molar-refractivity contribution in [3.8, 4) is 17.2 Å². The summed E-state index contributed by atoms with van der Waals surface area (Å²) in [6.07, 6.45) is 0.839. The van der Waals surface area contributed by atoms with Gasteiger partial charge in [-0.25, -0.2) is 0 Å². The fourth-order valence-corrected chi connectivity index (χ4v) is 4.42. The molecule has 1 amide bonds. The minimum atomic E-state index is -0.856. The Bertz CT molecular complexity index is 1330. The topological polar surface area (TPSA) is 85.3 Å². The highest BCUT2D eigenvalue weighted by atomic mass is 16.5. The molecule has 192 valence electrons. The molecule has 1 heterocycles. The molecule has 0 aliphatic carbocycles. The standard InChI is InChI=1S/C30H31NO6/c1-5-16-37-24-9-7-8-20(18-24)27-26(28(32)21-10-15-25(36-6-2)19(3)17-21)29(33)30(34)31(27)22-11-13-23(35-4)14-12-22/h7-15,17-18,27,32H,5-6,16H2,1-4H3/b28-26+. The highest BCUT2D eigenvalue weighted by Crippen LogP contribution is 2.43. The number of benzene rings is 3. The normalized spacial score (nSPS) is 16.6. The lowest BCUT2D eigenvalue weighted by Gasteiger charge is -2.26. The van der Waals surface area contributed by atoms with E-state index in [1.165, 1.54) is 4.90 Å². The largest absolute Gasteiger partial charge is 0.507 e. The minimum Gasteiger partial charge on any atom is -0.507 e. The maximum absolute atomic E-state index is 13.4. The third-order valence-corrected chi connectivity index (χ3v) is 6.19. The van der Waals surface area contributed by atoms with Gasteiger partial charge in [-0.1, -0.05) is 19.1 Å². The van der Waals surface area contributed by atoms with Gasteiger partial charge in [-0.2, -0.15) is 0 Å². The molecule has 7 nitrogen and oxygen atoms in total. The molecule has 1 unspecified atom stereocenters. The molecular formula is C30H31NO6. The number of carbonyl (C=O) groups excluding carboxylic acids is 2. The van der Waals surface area contributed by atoms with Crippen molar-refractivity contribution in [2.75, 3.05) is 25.2 Å². The molecule has 1 N–H and O–H groups in total. The number of amides is 1. The van der Waals surface area contributed by atoms with Crippen LogP contribution < -0.4 is 19.1 Å². The molecule has 0 spiro atoms. The third-order valence-electron chi connectivity index (χ3n) is 6.19. The lowest BCUT2D eigenvalue weighted by molar-refractivity contribution is -0.132. The summed E-state index contributed by atoms with van der Waals surface area (Å²) < 4.78 is 16.7. The van der Waals surface area contributed by atoms with Crippen molar-refractivity contribution in [2.24, 2.45) is 0 Å². The SMILES string of the molecule is CCCOc1cccc(C2/C(=C(\O)c3ccc(OCC)c(C)c3)C(=O)C(=O)N2c2ccc(OC)cc2)c1. The number of ketones is 1. The van der Waals surface area contributed by atoms with Crippen LogP contribution in [0, 0.1) is 6.92 Å². The van der Waals surface area contributed by atoms with Crippen molar-refractivity contribution in [2.45, 2.75) is 33.2 Å². The zero-order chi connectivity index (χ0) is 26.5. The van der Waals surface area contributed by atoms with E-state index < -0.39 is 17.7 Å². The third kappa shape index (κ3) is 5.16. The number of carbonyl (C=O) groups is 2. The molecule has 1 aliphatic heterocycles. The highest BCUT2D eigenvalue weighted by molar-refractivity contribution is 6.51. The lowest BCUT2D eigenvalue weighted by Crippen LogP contribution is -2.29. The number of hydrogen-bond donors (Lipinski definition) is 1. The molecule has 1 aliphatic rings. The van der Waals surface area contributed by atoms with Crippen LogP contribution in [0.5, 0.6) is 17.2 Å². The fourth-order valence-electron chi connectivity index (χ4n) is 4.42. The predicted molar refractivity (Wildman–Crippen MR) is 142 cm³/mol. The van der Waals surface area contributed by atoms with E-state index in [9.17, 15) is 14.7 Å². The van der Waals surface area contributed by atoms with E-state index in [-0.39, 0.29) is 11.3 Å². The monoisotopic (exact) mass is 501 g/mol. The second-order valence-corrected chi connectivity index (χ2v) is 8.70. The first kappa shape index (κ1) is 25.8. The Kier molecular flexibility index (Phi) is 7.82. The van der Waals surface area contributed by atoms with Crippen molar-refractivity contribution in [3.05, 3.63) is 89.0 Å². The maximum atomic E-state index is 13.4. The summed E-state index contributed by atoms with van der Waals surface area (Å²) in [5.74, 6) is 0.206. The van der Waals surface area contributed by atoms with Crippen LogP contribution in [0.25, 0.3) is 5.76 Å². The number of aliphatic hydroxyl groups is 1. The molecule has 1 saturated heterocycles. The van der Waals surface area contributed by atoms with Gasteiger partial charge in [0.25, 0.3) is 11.7 Å². The second-order valence-electron chi connectivity index (χ2n) is 8.70. The first-order chi connectivity index (χ1) is 17.9. The van der Waals surface area contributed by atoms with Gasteiger partial charge in [0.2, 0.25) is 0 Å². The molecule has 37 heavy (non-hydrogen) atoms. The molecular weight excluding hydrogens is 470 g/mol. The van der Waals surface area contributed by atoms with Crippen molar-refractivity contribution in [1.29, 1.82) is 0 Å². The van der Waals surface area contributed by atoms with E-state index in [0.717, 1.165) is 12.0 Å². The Balaban J connectivity index is 1.88. The summed E-state index contributed by atoms with van der Waals surface area (Å²) in [5, 5.41) is 11.4. The Labute approximate surface area is 216 Å². The molecule has 3 aromatic carbocycles. The van der Waals surface area contributed by atoms with Gasteiger partial charge in [0.15, 0.2) is 0 Å². The fraction of sp³-hybridized carbons (Fsp3) is 0.267. The van der Waals surface area contributed by atoms with Crippen LogP contribution in [0.4, 0.5) is 5.69 Å². The number of Topliss-reactive ketones (excluding diaryl/α,β-unsaturated/α-hetero) is 1. The summed E-state index contributed by atoms with van der Waals surface area (Å²) in [7, 11) is 1.56. The van der Waals surface area contributed by atoms with Crippen LogP contribution in [-0.4, -0.2) is 37.1 Å². The van der Waals surface area contributed by atoms with Crippen LogP contribution in [0.1, 0.15) is 43.0 Å². The van der Waals surface area contributed by atoms with E-state index >= 15 is 0 Å². The first-order valence-corrected chi connectivity index (χ1v) is 12.3. The molecule has 0 radical (unpaired) electrons. The first-order valence-electron chi connectivity index (χ1n) is 12.3. The number of rotatable bonds is 9. The second kappa shape index (κ2) is 11.2. The van der Waals surface area contributed by atoms with Crippen LogP contribution in [0.3, 0.4) is 0 Å². The number of aryl methyl sites for hydroxylation is 1. The highest BCUT2D eigenvalue weighted by Gasteiger charge is 2.47. The van der Waals surface area contributed by atoms with Gasteiger partial charge in [0, 0.05) is 11.3 Å². The number of methoxy groups -OCH3 is 1. The van der Waals surface area contributed by atoms with Crippen molar-refractivity contribution >= 4 is 23.1 Å². The Hall–Kier alpha value is -4.26. The van der Waals surface area contributed by atoms with Crippen molar-refractivity contribution < 1.29 is 28.9 Å². The molecule has 4 rings (SSSR count). The molecule has 1 fully saturated rings. The Morgan fingerprint density at radius 1 is 0.946 bits per heavy atom. The van der Waals surface area contributed by atoms with E-state index in [4.69, 9.17) is 14.2 Å². The minimum absolute atomic E-state index is 0.0111. The predicted octanol–water partition coefficient (Wildman–Crippen LogP) is 5.82. The molecule has 1 atom stereocenters. The zero-order valence-corrected chi connectivity index (χ0v) is 21.5. The number of aliphatic hydroxyl groups excluding tert-OH is 1. The van der Waals surface area contributed by atoms with E-state index in [2.05, 4.69) is 0 Å². The number of ether oxygens (including phenoxy) is 3. The van der Waals surface area contributed by atoms with Gasteiger partial charge in [0.1, 0.15) is 23.0 Å². The Morgan fingerprint density at radius 2 is 1.70 bits per heavy atom. The van der Waals surface area contributed by atoms with Crippen molar-refractivity contribution in [1.82, 2.24) is 0 Å². The Morgan fingerprint density at radius 3 is 2.35 bits per heavy atom. The van der Waals surface area contributed by atoms with Crippen LogP contribution in [0.15, 0.2) is 72.3 Å². The quantitative estimate of drug-likeness (QED) is 0.226. The molecule has 3 aromatic rings. The molecule has 7 heteroatoms. The van der Waals surface area contributed by atoms with E-state index in [1.54, 1.807) is 55.6 Å². The molecule has 0 saturated carbocycles. The summed E-state index contributed by atoms with van der Waals surface area (Å²) in [5.41, 5.74) is 2.40. The van der Waals surface area contributed by atoms with Gasteiger partial charge < -0.3 is 19.3 Å². The smallest absolute Gasteiger partial charge is 0.300 e. The van der Waals surface area contributed by atoms with Crippen LogP contribution >= 0.6 is 0 Å². The summed E-state index contributed by atoms with van der Waals surface area (Å²) in [4.78, 5) is 28.2. The van der Waals surface area contributed by atoms with E-state index in [0.29, 0.717) is 47.3 Å². The average molecular weight is 502 g/mol. The van der Waals surface area contributed by atoms with Crippen LogP contribution in [-0.2, 0) is 9.59 Å². The summed E-state index contributed by atoms with van der Waals surface area (Å²) in [6, 6.07) is 18.5. The maximum Gasteiger partial charge on any atom is 0.300 e. The van der Waals surface area contributed by atoms with Crippen LogP contribution in [0.2, 0.25) is 0 Å². The summed E-state index contributed by atoms with van der Waals surface area (Å²) in [6.45, 7) is 6.82. The van der Waals surface area contributed by atoms with E-state index in [1.807, 2.05) is 39.0 Å². The number of hydrogen-bond acceptors (Lipinski definition) is 6. The summed E-state index contributed by atoms with van der Waals surface area (Å²) >= 11 is 0. The van der Waals surface area contributed by atoms with Crippen molar-refractivity contribution in [3.63, 3.8) is 0 Å². The van der Waals surface area contributed by atoms with Gasteiger partial charge in [-0.15, -0.1) is 0 Å². The molecule has 0 bridgehead atoms. The zero-order valence-electron chi connectivity index (χ0n) is 21.5. The number of nitrogens with zero attached hydrogens (tertiary/aromatic N) is 1. The van der Waals surface area contributed by atoms with Gasteiger partial charge in [-0.05, 0) is 86.0 Å².